The molecule has 2 atom stereocenters. The summed E-state index contributed by atoms with van der Waals surface area (Å²) in [4.78, 5) is 13.8. The molecule has 0 aliphatic carbocycles. The van der Waals surface area contributed by atoms with Gasteiger partial charge in [-0.25, -0.2) is 9.18 Å². The third kappa shape index (κ3) is 8.70. The van der Waals surface area contributed by atoms with Gasteiger partial charge in [0.05, 0.1) is 0 Å². The van der Waals surface area contributed by atoms with Gasteiger partial charge in [0.1, 0.15) is 11.8 Å². The Labute approximate surface area is 189 Å². The van der Waals surface area contributed by atoms with Crippen molar-refractivity contribution in [3.63, 3.8) is 0 Å². The van der Waals surface area contributed by atoms with Crippen molar-refractivity contribution < 1.29 is 13.9 Å². The van der Waals surface area contributed by atoms with Crippen molar-refractivity contribution in [1.29, 1.82) is 0 Å². The van der Waals surface area contributed by atoms with E-state index in [2.05, 4.69) is 38.2 Å². The monoisotopic (exact) mass is 434 g/mol. The standard InChI is InChI=1S/C26H43FN2O2/c1-19(2)21(13-14-22-11-9-16-28-20(22)3)10-7-8-12-24(27)23-15-17-29(18-23)25(30)31-26(4,5)6/h13-14,23-24,28H,7-12,15-18H2,1-6H3/b14-13-. The molecule has 2 aliphatic heterocycles. The summed E-state index contributed by atoms with van der Waals surface area (Å²) in [6, 6.07) is 0. The molecule has 0 aromatic carbocycles. The second kappa shape index (κ2) is 11.7. The van der Waals surface area contributed by atoms with Crippen LogP contribution < -0.4 is 5.32 Å². The molecule has 0 bridgehead atoms. The van der Waals surface area contributed by atoms with Crippen LogP contribution in [-0.2, 0) is 4.74 Å². The van der Waals surface area contributed by atoms with Gasteiger partial charge in [-0.1, -0.05) is 24.1 Å². The molecule has 0 radical (unpaired) electrons. The predicted molar refractivity (Wildman–Crippen MR) is 127 cm³/mol. The van der Waals surface area contributed by atoms with Gasteiger partial charge in [-0.2, -0.15) is 0 Å². The predicted octanol–water partition coefficient (Wildman–Crippen LogP) is 6.69. The maximum atomic E-state index is 14.8. The van der Waals surface area contributed by atoms with E-state index in [-0.39, 0.29) is 12.0 Å². The molecule has 2 rings (SSSR count). The van der Waals surface area contributed by atoms with Crippen LogP contribution in [0.25, 0.3) is 0 Å². The number of carbonyl (C=O) groups is 1. The Morgan fingerprint density at radius 3 is 2.71 bits per heavy atom. The van der Waals surface area contributed by atoms with Crippen LogP contribution in [0.2, 0.25) is 0 Å². The molecule has 0 saturated carbocycles. The van der Waals surface area contributed by atoms with Crippen LogP contribution in [0, 0.1) is 5.92 Å². The largest absolute Gasteiger partial charge is 0.444 e. The molecular formula is C26H43FN2O2. The first-order valence-electron chi connectivity index (χ1n) is 12.0. The third-order valence-corrected chi connectivity index (χ3v) is 6.19. The highest BCUT2D eigenvalue weighted by Gasteiger charge is 2.33. The minimum absolute atomic E-state index is 0.0657. The van der Waals surface area contributed by atoms with Crippen LogP contribution >= 0.6 is 0 Å². The van der Waals surface area contributed by atoms with Gasteiger partial charge in [-0.05, 0) is 91.2 Å². The summed E-state index contributed by atoms with van der Waals surface area (Å²) in [7, 11) is 0. The number of rotatable bonds is 8. The van der Waals surface area contributed by atoms with Crippen LogP contribution in [0.4, 0.5) is 9.18 Å². The van der Waals surface area contributed by atoms with Gasteiger partial charge >= 0.3 is 6.09 Å². The molecule has 1 amide bonds. The van der Waals surface area contributed by atoms with E-state index in [1.165, 1.54) is 28.8 Å². The average Bonchev–Trinajstić information content (AvgIpc) is 3.17. The number of hydrogen-bond donors (Lipinski definition) is 1. The fraction of sp³-hybridized carbons (Fsp3) is 0.731. The zero-order chi connectivity index (χ0) is 23.0. The highest BCUT2D eigenvalue weighted by atomic mass is 19.1. The van der Waals surface area contributed by atoms with Crippen LogP contribution in [0.15, 0.2) is 34.6 Å². The summed E-state index contributed by atoms with van der Waals surface area (Å²) >= 11 is 0. The summed E-state index contributed by atoms with van der Waals surface area (Å²) < 4.78 is 20.2. The fourth-order valence-electron chi connectivity index (χ4n) is 4.23. The topological polar surface area (TPSA) is 41.6 Å². The Kier molecular flexibility index (Phi) is 9.64. The number of allylic oxidation sites excluding steroid dienone is 6. The average molecular weight is 435 g/mol. The van der Waals surface area contributed by atoms with E-state index < -0.39 is 11.8 Å². The normalized spacial score (nSPS) is 20.7. The maximum Gasteiger partial charge on any atom is 0.410 e. The number of halogens is 1. The smallest absolute Gasteiger partial charge is 0.410 e. The van der Waals surface area contributed by atoms with Gasteiger partial charge in [0.25, 0.3) is 0 Å². The minimum atomic E-state index is -0.848. The fourth-order valence-corrected chi connectivity index (χ4v) is 4.23. The molecule has 0 aromatic rings. The lowest BCUT2D eigenvalue weighted by atomic mass is 9.95. The summed E-state index contributed by atoms with van der Waals surface area (Å²) in [5, 5.41) is 3.44. The number of hydrogen-bond acceptors (Lipinski definition) is 3. The van der Waals surface area contributed by atoms with Gasteiger partial charge in [0.2, 0.25) is 0 Å². The first-order chi connectivity index (χ1) is 14.6. The van der Waals surface area contributed by atoms with Gasteiger partial charge in [0, 0.05) is 31.2 Å². The first-order valence-corrected chi connectivity index (χ1v) is 12.0. The molecule has 1 N–H and O–H groups in total. The number of ether oxygens (including phenoxy) is 1. The van der Waals surface area contributed by atoms with Gasteiger partial charge < -0.3 is 15.0 Å². The van der Waals surface area contributed by atoms with Gasteiger partial charge in [0.15, 0.2) is 0 Å². The molecule has 2 heterocycles. The van der Waals surface area contributed by atoms with Crippen molar-refractivity contribution in [3.8, 4) is 0 Å². The molecular weight excluding hydrogens is 391 g/mol. The van der Waals surface area contributed by atoms with Gasteiger partial charge in [-0.15, -0.1) is 0 Å². The number of carbonyl (C=O) groups excluding carboxylic acids is 1. The number of unbranched alkanes of at least 4 members (excludes halogenated alkanes) is 1. The summed E-state index contributed by atoms with van der Waals surface area (Å²) in [5.74, 6) is -0.0657. The van der Waals surface area contributed by atoms with Crippen LogP contribution in [0.5, 0.6) is 0 Å². The quantitative estimate of drug-likeness (QED) is 0.342. The van der Waals surface area contributed by atoms with E-state index in [1.54, 1.807) is 4.90 Å². The van der Waals surface area contributed by atoms with Crippen molar-refractivity contribution in [2.45, 2.75) is 98.3 Å². The molecule has 4 nitrogen and oxygen atoms in total. The van der Waals surface area contributed by atoms with E-state index in [0.717, 1.165) is 38.6 Å². The lowest BCUT2D eigenvalue weighted by Gasteiger charge is -2.24. The third-order valence-electron chi connectivity index (χ3n) is 6.19. The number of alkyl halides is 1. The zero-order valence-electron chi connectivity index (χ0n) is 20.5. The Hall–Kier alpha value is -1.78. The molecule has 1 saturated heterocycles. The highest BCUT2D eigenvalue weighted by molar-refractivity contribution is 5.68. The Morgan fingerprint density at radius 2 is 2.06 bits per heavy atom. The van der Waals surface area contributed by atoms with Crippen molar-refractivity contribution in [3.05, 3.63) is 34.6 Å². The molecule has 0 aromatic heterocycles. The summed E-state index contributed by atoms with van der Waals surface area (Å²) in [5.41, 5.74) is 4.86. The Balaban J connectivity index is 1.74. The molecule has 176 valence electrons. The number of nitrogens with one attached hydrogen (secondary N) is 1. The second-order valence-electron chi connectivity index (χ2n) is 10.3. The molecule has 2 unspecified atom stereocenters. The van der Waals surface area contributed by atoms with Crippen molar-refractivity contribution in [1.82, 2.24) is 10.2 Å². The molecule has 5 heteroatoms. The number of likely N-dealkylation sites (tertiary alicyclic amines) is 1. The minimum Gasteiger partial charge on any atom is -0.444 e. The van der Waals surface area contributed by atoms with E-state index >= 15 is 0 Å². The van der Waals surface area contributed by atoms with E-state index in [9.17, 15) is 9.18 Å². The lowest BCUT2D eigenvalue weighted by Crippen LogP contribution is -2.36. The summed E-state index contributed by atoms with van der Waals surface area (Å²) in [6.45, 7) is 14.2. The van der Waals surface area contributed by atoms with Crippen molar-refractivity contribution in [2.24, 2.45) is 5.92 Å². The first kappa shape index (κ1) is 25.5. The van der Waals surface area contributed by atoms with Gasteiger partial charge in [-0.3, -0.25) is 0 Å². The molecule has 2 aliphatic rings. The maximum absolute atomic E-state index is 14.8. The number of amides is 1. The van der Waals surface area contributed by atoms with Crippen molar-refractivity contribution in [2.75, 3.05) is 19.6 Å². The summed E-state index contributed by atoms with van der Waals surface area (Å²) in [6.07, 6.45) is 9.81. The van der Waals surface area contributed by atoms with Crippen LogP contribution in [0.1, 0.15) is 86.5 Å². The molecule has 0 spiro atoms. The van der Waals surface area contributed by atoms with E-state index in [1.807, 2.05) is 20.8 Å². The van der Waals surface area contributed by atoms with Crippen LogP contribution in [0.3, 0.4) is 0 Å². The second-order valence-corrected chi connectivity index (χ2v) is 10.3. The highest BCUT2D eigenvalue weighted by Crippen LogP contribution is 2.27. The van der Waals surface area contributed by atoms with E-state index in [0.29, 0.717) is 19.5 Å². The lowest BCUT2D eigenvalue weighted by molar-refractivity contribution is 0.0280. The molecule has 31 heavy (non-hydrogen) atoms. The van der Waals surface area contributed by atoms with Crippen molar-refractivity contribution >= 4 is 6.09 Å². The SMILES string of the molecule is CC(C)=C(/C=C\C1=C(C)NCCC1)CCCCC(F)C1CCN(C(=O)OC(C)(C)C)C1. The number of nitrogens with zero attached hydrogens (tertiary/aromatic N) is 1. The van der Waals surface area contributed by atoms with Crippen LogP contribution in [-0.4, -0.2) is 42.4 Å². The molecule has 1 fully saturated rings. The Morgan fingerprint density at radius 1 is 1.32 bits per heavy atom. The Bertz CT molecular complexity index is 699. The van der Waals surface area contributed by atoms with E-state index in [4.69, 9.17) is 4.74 Å². The zero-order valence-corrected chi connectivity index (χ0v) is 20.5.